The standard InChI is InChI=1S/C15H13NO3/c17-15(18)16-9-12-10-5-1-3-7-13(10)19-14-8-4-2-6-11(12)14/h1-8,12,16H,9H2,(H,17,18). The fraction of sp³-hybridized carbons (Fsp3) is 0.133. The third-order valence-corrected chi connectivity index (χ3v) is 3.27. The number of nitrogens with one attached hydrogen (secondary N) is 1. The second-order valence-electron chi connectivity index (χ2n) is 4.42. The number of para-hydroxylation sites is 2. The molecule has 0 aliphatic carbocycles. The average molecular weight is 255 g/mol. The average Bonchev–Trinajstić information content (AvgIpc) is 2.43. The van der Waals surface area contributed by atoms with E-state index in [0.29, 0.717) is 6.54 Å². The lowest BCUT2D eigenvalue weighted by atomic mass is 9.88. The number of fused-ring (bicyclic) bond motifs is 2. The number of carboxylic acid groups (broad SMARTS) is 1. The van der Waals surface area contributed by atoms with Crippen molar-refractivity contribution in [2.45, 2.75) is 5.92 Å². The number of amides is 1. The van der Waals surface area contributed by atoms with Gasteiger partial charge in [0.1, 0.15) is 11.5 Å². The largest absolute Gasteiger partial charge is 0.465 e. The summed E-state index contributed by atoms with van der Waals surface area (Å²) in [7, 11) is 0. The Morgan fingerprint density at radius 1 is 1.05 bits per heavy atom. The van der Waals surface area contributed by atoms with Gasteiger partial charge in [0.15, 0.2) is 0 Å². The molecule has 2 aromatic rings. The predicted molar refractivity (Wildman–Crippen MR) is 70.8 cm³/mol. The highest BCUT2D eigenvalue weighted by atomic mass is 16.5. The first kappa shape index (κ1) is 11.6. The highest BCUT2D eigenvalue weighted by Gasteiger charge is 2.26. The molecule has 96 valence electrons. The van der Waals surface area contributed by atoms with E-state index in [0.717, 1.165) is 22.6 Å². The molecule has 1 aliphatic heterocycles. The maximum Gasteiger partial charge on any atom is 0.404 e. The van der Waals surface area contributed by atoms with E-state index in [-0.39, 0.29) is 5.92 Å². The highest BCUT2D eigenvalue weighted by Crippen LogP contribution is 2.43. The quantitative estimate of drug-likeness (QED) is 0.866. The summed E-state index contributed by atoms with van der Waals surface area (Å²) in [5, 5.41) is 11.3. The lowest BCUT2D eigenvalue weighted by Crippen LogP contribution is -2.28. The van der Waals surface area contributed by atoms with Gasteiger partial charge in [-0.1, -0.05) is 36.4 Å². The Labute approximate surface area is 110 Å². The van der Waals surface area contributed by atoms with Gasteiger partial charge in [0.25, 0.3) is 0 Å². The summed E-state index contributed by atoms with van der Waals surface area (Å²) in [6.45, 7) is 0.340. The van der Waals surface area contributed by atoms with Gasteiger partial charge in [0.05, 0.1) is 0 Å². The molecule has 0 atom stereocenters. The summed E-state index contributed by atoms with van der Waals surface area (Å²) in [4.78, 5) is 10.7. The molecule has 4 heteroatoms. The van der Waals surface area contributed by atoms with Gasteiger partial charge in [-0.15, -0.1) is 0 Å². The maximum atomic E-state index is 10.7. The van der Waals surface area contributed by atoms with Crippen molar-refractivity contribution < 1.29 is 14.6 Å². The lowest BCUT2D eigenvalue weighted by Gasteiger charge is -2.27. The zero-order valence-electron chi connectivity index (χ0n) is 10.2. The van der Waals surface area contributed by atoms with Gasteiger partial charge < -0.3 is 15.2 Å². The van der Waals surface area contributed by atoms with Crippen LogP contribution in [0, 0.1) is 0 Å². The molecule has 4 nitrogen and oxygen atoms in total. The zero-order valence-corrected chi connectivity index (χ0v) is 10.2. The Morgan fingerprint density at radius 2 is 1.58 bits per heavy atom. The third kappa shape index (κ3) is 2.12. The van der Waals surface area contributed by atoms with Crippen LogP contribution in [-0.2, 0) is 0 Å². The number of ether oxygens (including phenoxy) is 1. The SMILES string of the molecule is O=C(O)NCC1c2ccccc2Oc2ccccc21. The minimum Gasteiger partial charge on any atom is -0.465 e. The number of rotatable bonds is 2. The van der Waals surface area contributed by atoms with E-state index in [2.05, 4.69) is 5.32 Å². The second-order valence-corrected chi connectivity index (χ2v) is 4.42. The van der Waals surface area contributed by atoms with Gasteiger partial charge in [0.2, 0.25) is 0 Å². The Balaban J connectivity index is 2.03. The van der Waals surface area contributed by atoms with Crippen molar-refractivity contribution in [3.05, 3.63) is 59.7 Å². The fourth-order valence-electron chi connectivity index (χ4n) is 2.42. The van der Waals surface area contributed by atoms with E-state index in [1.807, 2.05) is 48.5 Å². The van der Waals surface area contributed by atoms with Crippen LogP contribution in [0.3, 0.4) is 0 Å². The molecule has 0 spiro atoms. The Morgan fingerprint density at radius 3 is 2.11 bits per heavy atom. The van der Waals surface area contributed by atoms with E-state index >= 15 is 0 Å². The molecule has 1 amide bonds. The van der Waals surface area contributed by atoms with E-state index in [9.17, 15) is 4.79 Å². The maximum absolute atomic E-state index is 10.7. The first-order valence-electron chi connectivity index (χ1n) is 6.08. The van der Waals surface area contributed by atoms with E-state index in [1.54, 1.807) is 0 Å². The van der Waals surface area contributed by atoms with Crippen LogP contribution >= 0.6 is 0 Å². The molecule has 19 heavy (non-hydrogen) atoms. The molecule has 0 radical (unpaired) electrons. The predicted octanol–water partition coefficient (Wildman–Crippen LogP) is 3.19. The van der Waals surface area contributed by atoms with Gasteiger partial charge in [-0.05, 0) is 12.1 Å². The highest BCUT2D eigenvalue weighted by molar-refractivity contribution is 5.65. The Kier molecular flexibility index (Phi) is 2.83. The number of carbonyl (C=O) groups is 1. The summed E-state index contributed by atoms with van der Waals surface area (Å²) >= 11 is 0. The van der Waals surface area contributed by atoms with E-state index < -0.39 is 6.09 Å². The number of hydrogen-bond acceptors (Lipinski definition) is 2. The summed E-state index contributed by atoms with van der Waals surface area (Å²) in [5.41, 5.74) is 2.02. The second kappa shape index (κ2) is 4.65. The van der Waals surface area contributed by atoms with Crippen molar-refractivity contribution in [2.24, 2.45) is 0 Å². The molecule has 1 heterocycles. The summed E-state index contributed by atoms with van der Waals surface area (Å²) in [5.74, 6) is 1.56. The monoisotopic (exact) mass is 255 g/mol. The van der Waals surface area contributed by atoms with Crippen LogP contribution in [-0.4, -0.2) is 17.7 Å². The van der Waals surface area contributed by atoms with Crippen molar-refractivity contribution >= 4 is 6.09 Å². The Bertz CT molecular complexity index is 579. The first-order valence-corrected chi connectivity index (χ1v) is 6.08. The molecule has 1 aliphatic rings. The molecule has 0 bridgehead atoms. The normalized spacial score (nSPS) is 13.1. The minimum atomic E-state index is -1.01. The molecule has 0 unspecified atom stereocenters. The lowest BCUT2D eigenvalue weighted by molar-refractivity contribution is 0.194. The van der Waals surface area contributed by atoms with Crippen molar-refractivity contribution in [1.82, 2.24) is 5.32 Å². The summed E-state index contributed by atoms with van der Waals surface area (Å²) in [6, 6.07) is 15.4. The van der Waals surface area contributed by atoms with Crippen LogP contribution in [0.5, 0.6) is 11.5 Å². The van der Waals surface area contributed by atoms with Gasteiger partial charge in [-0.2, -0.15) is 0 Å². The van der Waals surface area contributed by atoms with Crippen LogP contribution in [0.2, 0.25) is 0 Å². The molecule has 0 saturated heterocycles. The number of hydrogen-bond donors (Lipinski definition) is 2. The van der Waals surface area contributed by atoms with Crippen LogP contribution < -0.4 is 10.1 Å². The third-order valence-electron chi connectivity index (χ3n) is 3.27. The zero-order chi connectivity index (χ0) is 13.2. The molecular weight excluding hydrogens is 242 g/mol. The van der Waals surface area contributed by atoms with Crippen LogP contribution in [0.4, 0.5) is 4.79 Å². The first-order chi connectivity index (χ1) is 9.25. The van der Waals surface area contributed by atoms with Gasteiger partial charge in [-0.3, -0.25) is 0 Å². The van der Waals surface area contributed by atoms with Gasteiger partial charge >= 0.3 is 6.09 Å². The molecule has 0 fully saturated rings. The molecule has 3 rings (SSSR count). The molecular formula is C15H13NO3. The smallest absolute Gasteiger partial charge is 0.404 e. The van der Waals surface area contributed by atoms with Crippen molar-refractivity contribution in [3.8, 4) is 11.5 Å². The minimum absolute atomic E-state index is 0.0164. The molecule has 2 aromatic carbocycles. The fourth-order valence-corrected chi connectivity index (χ4v) is 2.42. The van der Waals surface area contributed by atoms with Crippen LogP contribution in [0.15, 0.2) is 48.5 Å². The van der Waals surface area contributed by atoms with Crippen LogP contribution in [0.25, 0.3) is 0 Å². The summed E-state index contributed by atoms with van der Waals surface area (Å²) < 4.78 is 5.84. The van der Waals surface area contributed by atoms with Gasteiger partial charge in [0, 0.05) is 23.6 Å². The van der Waals surface area contributed by atoms with Crippen molar-refractivity contribution in [3.63, 3.8) is 0 Å². The van der Waals surface area contributed by atoms with E-state index in [1.165, 1.54) is 0 Å². The van der Waals surface area contributed by atoms with Gasteiger partial charge in [-0.25, -0.2) is 4.79 Å². The summed E-state index contributed by atoms with van der Waals surface area (Å²) in [6.07, 6.45) is -1.01. The van der Waals surface area contributed by atoms with Crippen molar-refractivity contribution in [1.29, 1.82) is 0 Å². The molecule has 0 saturated carbocycles. The Hall–Kier alpha value is -2.49. The molecule has 2 N–H and O–H groups in total. The van der Waals surface area contributed by atoms with Crippen LogP contribution in [0.1, 0.15) is 17.0 Å². The molecule has 0 aromatic heterocycles. The van der Waals surface area contributed by atoms with Crippen molar-refractivity contribution in [2.75, 3.05) is 6.54 Å². The van der Waals surface area contributed by atoms with E-state index in [4.69, 9.17) is 9.84 Å². The topological polar surface area (TPSA) is 58.6 Å². The number of benzene rings is 2.